The average Bonchev–Trinajstić information content (AvgIpc) is 2.48. The van der Waals surface area contributed by atoms with Crippen LogP contribution in [-0.4, -0.2) is 27.9 Å². The molecule has 128 valence electrons. The summed E-state index contributed by atoms with van der Waals surface area (Å²) in [5.74, 6) is 0.138. The molecule has 0 amide bonds. The minimum Gasteiger partial charge on any atom is -0.357 e. The predicted octanol–water partition coefficient (Wildman–Crippen LogP) is 5.70. The van der Waals surface area contributed by atoms with Crippen LogP contribution in [0.1, 0.15) is 85.0 Å². The Balaban J connectivity index is 3.39. The van der Waals surface area contributed by atoms with E-state index in [1.807, 2.05) is 0 Å². The number of unbranched alkanes of at least 4 members (excludes halogenated alkanes) is 9. The fourth-order valence-corrected chi connectivity index (χ4v) is 5.04. The summed E-state index contributed by atoms with van der Waals surface area (Å²) in [6, 6.07) is 1.36. The van der Waals surface area contributed by atoms with E-state index >= 15 is 0 Å². The molecule has 0 radical (unpaired) electrons. The van der Waals surface area contributed by atoms with Crippen molar-refractivity contribution >= 4 is 8.80 Å². The number of hydrogen-bond acceptors (Lipinski definition) is 2. The van der Waals surface area contributed by atoms with E-state index in [9.17, 15) is 0 Å². The van der Waals surface area contributed by atoms with Gasteiger partial charge in [-0.15, -0.1) is 0 Å². The molecule has 0 aliphatic heterocycles. The minimum absolute atomic E-state index is 0.138. The van der Waals surface area contributed by atoms with Gasteiger partial charge in [0.2, 0.25) is 0 Å². The molecule has 0 N–H and O–H groups in total. The standard InChI is InChI=1S/C18H40O2Si/c1-5-8-9-10-11-12-13-14-15-16-17-21(4)18(19-6-2)20-7-3/h18,21H,5-17H2,1-4H3. The van der Waals surface area contributed by atoms with Crippen LogP contribution in [0.4, 0.5) is 0 Å². The molecule has 0 aliphatic rings. The lowest BCUT2D eigenvalue weighted by Crippen LogP contribution is -2.33. The molecule has 1 atom stereocenters. The second-order valence-electron chi connectivity index (χ2n) is 6.23. The predicted molar refractivity (Wildman–Crippen MR) is 96.7 cm³/mol. The molecule has 0 aromatic carbocycles. The van der Waals surface area contributed by atoms with Gasteiger partial charge in [-0.25, -0.2) is 0 Å². The molecule has 0 bridgehead atoms. The van der Waals surface area contributed by atoms with Crippen molar-refractivity contribution in [3.8, 4) is 0 Å². The lowest BCUT2D eigenvalue weighted by molar-refractivity contribution is -0.0853. The number of rotatable bonds is 16. The van der Waals surface area contributed by atoms with Gasteiger partial charge in [0.05, 0.1) is 0 Å². The van der Waals surface area contributed by atoms with E-state index in [4.69, 9.17) is 9.47 Å². The lowest BCUT2D eigenvalue weighted by atomic mass is 10.1. The molecule has 21 heavy (non-hydrogen) atoms. The minimum atomic E-state index is -0.875. The van der Waals surface area contributed by atoms with E-state index in [0.29, 0.717) is 0 Å². The Morgan fingerprint density at radius 1 is 0.667 bits per heavy atom. The van der Waals surface area contributed by atoms with Crippen LogP contribution in [0.25, 0.3) is 0 Å². The molecule has 0 saturated heterocycles. The molecule has 0 aromatic heterocycles. The highest BCUT2D eigenvalue weighted by molar-refractivity contribution is 6.58. The second-order valence-corrected chi connectivity index (χ2v) is 9.30. The summed E-state index contributed by atoms with van der Waals surface area (Å²) in [5, 5.41) is 0. The van der Waals surface area contributed by atoms with Gasteiger partial charge >= 0.3 is 0 Å². The third-order valence-corrected chi connectivity index (χ3v) is 6.77. The highest BCUT2D eigenvalue weighted by atomic mass is 28.3. The highest BCUT2D eigenvalue weighted by Gasteiger charge is 2.18. The van der Waals surface area contributed by atoms with Crippen molar-refractivity contribution in [2.75, 3.05) is 13.2 Å². The average molecular weight is 317 g/mol. The molecule has 0 fully saturated rings. The van der Waals surface area contributed by atoms with Crippen LogP contribution in [0.2, 0.25) is 12.6 Å². The summed E-state index contributed by atoms with van der Waals surface area (Å²) in [4.78, 5) is 0. The van der Waals surface area contributed by atoms with Gasteiger partial charge in [0.1, 0.15) is 14.7 Å². The molecule has 3 heteroatoms. The summed E-state index contributed by atoms with van der Waals surface area (Å²) >= 11 is 0. The summed E-state index contributed by atoms with van der Waals surface area (Å²) in [7, 11) is -0.875. The SMILES string of the molecule is CCCCCCCCCCCC[SiH](C)C(OCC)OCC. The van der Waals surface area contributed by atoms with Gasteiger partial charge in [-0.1, -0.05) is 83.7 Å². The van der Waals surface area contributed by atoms with Crippen molar-refractivity contribution in [3.05, 3.63) is 0 Å². The quantitative estimate of drug-likeness (QED) is 0.206. The molecule has 1 unspecified atom stereocenters. The van der Waals surface area contributed by atoms with Crippen LogP contribution in [-0.2, 0) is 9.47 Å². The van der Waals surface area contributed by atoms with Crippen molar-refractivity contribution in [3.63, 3.8) is 0 Å². The van der Waals surface area contributed by atoms with Crippen molar-refractivity contribution in [1.82, 2.24) is 0 Å². The second kappa shape index (κ2) is 16.5. The fourth-order valence-electron chi connectivity index (χ4n) is 2.80. The largest absolute Gasteiger partial charge is 0.357 e. The first-order valence-electron chi connectivity index (χ1n) is 9.49. The maximum Gasteiger partial charge on any atom is 0.138 e. The Bertz CT molecular complexity index is 194. The van der Waals surface area contributed by atoms with Crippen LogP contribution < -0.4 is 0 Å². The Labute approximate surface area is 135 Å². The van der Waals surface area contributed by atoms with Crippen LogP contribution in [0.5, 0.6) is 0 Å². The van der Waals surface area contributed by atoms with Gasteiger partial charge in [0.25, 0.3) is 0 Å². The Morgan fingerprint density at radius 3 is 1.52 bits per heavy atom. The van der Waals surface area contributed by atoms with Crippen LogP contribution in [0.15, 0.2) is 0 Å². The van der Waals surface area contributed by atoms with E-state index in [1.54, 1.807) is 0 Å². The van der Waals surface area contributed by atoms with Crippen molar-refractivity contribution < 1.29 is 9.47 Å². The van der Waals surface area contributed by atoms with Crippen LogP contribution in [0, 0.1) is 0 Å². The zero-order valence-electron chi connectivity index (χ0n) is 15.2. The first-order chi connectivity index (χ1) is 10.3. The molecule has 0 aliphatic carbocycles. The normalized spacial score (nSPS) is 13.0. The fraction of sp³-hybridized carbons (Fsp3) is 1.00. The Morgan fingerprint density at radius 2 is 1.10 bits per heavy atom. The van der Waals surface area contributed by atoms with Gasteiger partial charge in [-0.05, 0) is 13.8 Å². The van der Waals surface area contributed by atoms with E-state index in [-0.39, 0.29) is 5.91 Å². The molecule has 2 nitrogen and oxygen atoms in total. The maximum atomic E-state index is 5.73. The Kier molecular flexibility index (Phi) is 16.6. The van der Waals surface area contributed by atoms with Gasteiger partial charge in [0.15, 0.2) is 0 Å². The zero-order valence-corrected chi connectivity index (χ0v) is 16.3. The summed E-state index contributed by atoms with van der Waals surface area (Å²) in [6.07, 6.45) is 14.2. The van der Waals surface area contributed by atoms with Gasteiger partial charge in [-0.2, -0.15) is 0 Å². The molecular weight excluding hydrogens is 276 g/mol. The number of ether oxygens (including phenoxy) is 2. The van der Waals surface area contributed by atoms with Gasteiger partial charge < -0.3 is 9.47 Å². The molecule has 0 heterocycles. The summed E-state index contributed by atoms with van der Waals surface area (Å²) in [5.41, 5.74) is 0. The third-order valence-electron chi connectivity index (χ3n) is 4.14. The molecular formula is C18H40O2Si. The Hall–Kier alpha value is 0.137. The molecule has 0 saturated carbocycles. The zero-order chi connectivity index (χ0) is 15.8. The smallest absolute Gasteiger partial charge is 0.138 e. The van der Waals surface area contributed by atoms with Crippen molar-refractivity contribution in [1.29, 1.82) is 0 Å². The van der Waals surface area contributed by atoms with Crippen LogP contribution in [0.3, 0.4) is 0 Å². The van der Waals surface area contributed by atoms with E-state index in [0.717, 1.165) is 13.2 Å². The number of hydrogen-bond donors (Lipinski definition) is 0. The van der Waals surface area contributed by atoms with E-state index < -0.39 is 8.80 Å². The molecule has 0 aromatic rings. The third kappa shape index (κ3) is 13.5. The van der Waals surface area contributed by atoms with E-state index in [2.05, 4.69) is 27.3 Å². The lowest BCUT2D eigenvalue weighted by Gasteiger charge is -2.22. The van der Waals surface area contributed by atoms with Gasteiger partial charge in [-0.3, -0.25) is 0 Å². The van der Waals surface area contributed by atoms with Crippen molar-refractivity contribution in [2.24, 2.45) is 0 Å². The van der Waals surface area contributed by atoms with E-state index in [1.165, 1.54) is 70.3 Å². The first-order valence-corrected chi connectivity index (χ1v) is 12.1. The van der Waals surface area contributed by atoms with Crippen LogP contribution >= 0.6 is 0 Å². The monoisotopic (exact) mass is 316 g/mol. The highest BCUT2D eigenvalue weighted by Crippen LogP contribution is 2.14. The molecule has 0 spiro atoms. The molecule has 0 rings (SSSR count). The van der Waals surface area contributed by atoms with Crippen molar-refractivity contribution in [2.45, 2.75) is 103 Å². The topological polar surface area (TPSA) is 18.5 Å². The van der Waals surface area contributed by atoms with Gasteiger partial charge in [0, 0.05) is 13.2 Å². The first kappa shape index (κ1) is 21.1. The summed E-state index contributed by atoms with van der Waals surface area (Å²) in [6.45, 7) is 10.4. The maximum absolute atomic E-state index is 5.73. The summed E-state index contributed by atoms with van der Waals surface area (Å²) < 4.78 is 11.5.